The van der Waals surface area contributed by atoms with Crippen LogP contribution in [0, 0.1) is 0 Å². The van der Waals surface area contributed by atoms with Crippen LogP contribution in [0.2, 0.25) is 0 Å². The van der Waals surface area contributed by atoms with Gasteiger partial charge in [-0.1, -0.05) is 0 Å². The summed E-state index contributed by atoms with van der Waals surface area (Å²) >= 11 is 0. The highest BCUT2D eigenvalue weighted by atomic mass is 16.4. The lowest BCUT2D eigenvalue weighted by atomic mass is 10.2. The third-order valence-electron chi connectivity index (χ3n) is 1.81. The molecule has 4 nitrogen and oxygen atoms in total. The van der Waals surface area contributed by atoms with Gasteiger partial charge in [-0.05, 0) is 26.4 Å². The van der Waals surface area contributed by atoms with E-state index in [9.17, 15) is 4.79 Å². The highest BCUT2D eigenvalue weighted by Crippen LogP contribution is 2.13. The van der Waals surface area contributed by atoms with Crippen molar-refractivity contribution in [2.45, 2.75) is 18.9 Å². The van der Waals surface area contributed by atoms with Crippen molar-refractivity contribution in [3.8, 4) is 0 Å². The molecule has 3 N–H and O–H groups in total. The Morgan fingerprint density at radius 2 is 2.30 bits per heavy atom. The summed E-state index contributed by atoms with van der Waals surface area (Å²) in [5.41, 5.74) is 0. The Bertz CT molecular complexity index is 126. The largest absolute Gasteiger partial charge is 0.480 e. The number of carbonyl (C=O) groups is 1. The zero-order chi connectivity index (χ0) is 6.85. The summed E-state index contributed by atoms with van der Waals surface area (Å²) in [5.74, 6) is -0.685. The smallest absolute Gasteiger partial charge is 0.320 e. The van der Waals surface area contributed by atoms with Crippen molar-refractivity contribution in [1.29, 1.82) is 0 Å². The van der Waals surface area contributed by atoms with Crippen molar-refractivity contribution in [3.05, 3.63) is 0 Å². The van der Waals surface area contributed by atoms with Gasteiger partial charge in [0, 0.05) is 0 Å². The number of likely N-dealkylation sites (N-methyl/N-ethyl adjacent to an activating group) is 1. The molecule has 0 spiro atoms. The fourth-order valence-electron chi connectivity index (χ4n) is 1.22. The minimum absolute atomic E-state index is 0. The summed E-state index contributed by atoms with van der Waals surface area (Å²) in [4.78, 5) is 12.2. The molecule has 10 heavy (non-hydrogen) atoms. The summed E-state index contributed by atoms with van der Waals surface area (Å²) in [6.45, 7) is 0.928. The molecule has 0 radical (unpaired) electrons. The number of carboxylic acids is 1. The summed E-state index contributed by atoms with van der Waals surface area (Å²) in [7, 11) is 1.85. The Morgan fingerprint density at radius 1 is 1.70 bits per heavy atom. The van der Waals surface area contributed by atoms with Crippen LogP contribution in [-0.2, 0) is 4.79 Å². The lowest BCUT2D eigenvalue weighted by Gasteiger charge is -2.13. The first-order valence-corrected chi connectivity index (χ1v) is 3.15. The van der Waals surface area contributed by atoms with Crippen molar-refractivity contribution in [2.75, 3.05) is 13.6 Å². The molecule has 0 aliphatic carbocycles. The van der Waals surface area contributed by atoms with Crippen LogP contribution in [0.15, 0.2) is 0 Å². The van der Waals surface area contributed by atoms with E-state index in [2.05, 4.69) is 0 Å². The van der Waals surface area contributed by atoms with Gasteiger partial charge in [-0.15, -0.1) is 0 Å². The van der Waals surface area contributed by atoms with Crippen LogP contribution in [-0.4, -0.2) is 41.1 Å². The molecule has 1 heterocycles. The van der Waals surface area contributed by atoms with Gasteiger partial charge >= 0.3 is 5.97 Å². The third kappa shape index (κ3) is 1.68. The van der Waals surface area contributed by atoms with Gasteiger partial charge in [0.1, 0.15) is 6.04 Å². The van der Waals surface area contributed by atoms with E-state index in [-0.39, 0.29) is 11.5 Å². The van der Waals surface area contributed by atoms with Gasteiger partial charge < -0.3 is 10.6 Å². The molecule has 0 bridgehead atoms. The first kappa shape index (κ1) is 9.39. The van der Waals surface area contributed by atoms with E-state index in [1.165, 1.54) is 0 Å². The van der Waals surface area contributed by atoms with Crippen molar-refractivity contribution >= 4 is 5.97 Å². The van der Waals surface area contributed by atoms with Gasteiger partial charge in [0.05, 0.1) is 0 Å². The lowest BCUT2D eigenvalue weighted by Crippen LogP contribution is -2.32. The molecule has 1 saturated heterocycles. The molecule has 0 aromatic rings. The van der Waals surface area contributed by atoms with Gasteiger partial charge in [-0.3, -0.25) is 9.69 Å². The number of carboxylic acid groups (broad SMARTS) is 1. The second-order valence-corrected chi connectivity index (χ2v) is 2.48. The van der Waals surface area contributed by atoms with Crippen LogP contribution in [0.25, 0.3) is 0 Å². The van der Waals surface area contributed by atoms with E-state index >= 15 is 0 Å². The van der Waals surface area contributed by atoms with Crippen LogP contribution >= 0.6 is 0 Å². The summed E-state index contributed by atoms with van der Waals surface area (Å²) in [5, 5.41) is 8.54. The Balaban J connectivity index is 0.000000810. The maximum Gasteiger partial charge on any atom is 0.320 e. The molecular formula is C6H13NO3. The number of hydrogen-bond donors (Lipinski definition) is 1. The third-order valence-corrected chi connectivity index (χ3v) is 1.81. The minimum Gasteiger partial charge on any atom is -0.480 e. The zero-order valence-electron chi connectivity index (χ0n) is 6.00. The monoisotopic (exact) mass is 147 g/mol. The number of rotatable bonds is 1. The molecule has 1 aliphatic rings. The predicted octanol–water partition coefficient (Wildman–Crippen LogP) is -0.659. The normalized spacial score (nSPS) is 25.9. The highest BCUT2D eigenvalue weighted by molar-refractivity contribution is 5.73. The SMILES string of the molecule is CN1CCC[C@@H]1C(=O)O.O. The molecule has 1 aliphatic heterocycles. The van der Waals surface area contributed by atoms with Crippen LogP contribution in [0.3, 0.4) is 0 Å². The van der Waals surface area contributed by atoms with Gasteiger partial charge in [0.2, 0.25) is 0 Å². The van der Waals surface area contributed by atoms with Gasteiger partial charge in [0.15, 0.2) is 0 Å². The zero-order valence-corrected chi connectivity index (χ0v) is 6.00. The Morgan fingerprint density at radius 3 is 2.50 bits per heavy atom. The molecule has 0 aromatic heterocycles. The Hall–Kier alpha value is -0.610. The quantitative estimate of drug-likeness (QED) is 0.535. The number of hydrogen-bond acceptors (Lipinski definition) is 2. The molecule has 0 saturated carbocycles. The summed E-state index contributed by atoms with van der Waals surface area (Å²) < 4.78 is 0. The Kier molecular flexibility index (Phi) is 3.32. The number of aliphatic carboxylic acids is 1. The van der Waals surface area contributed by atoms with E-state index in [0.717, 1.165) is 19.4 Å². The average Bonchev–Trinajstić information content (AvgIpc) is 2.13. The van der Waals surface area contributed by atoms with Gasteiger partial charge in [0.25, 0.3) is 0 Å². The first-order valence-electron chi connectivity index (χ1n) is 3.15. The van der Waals surface area contributed by atoms with Crippen LogP contribution in [0.4, 0.5) is 0 Å². The standard InChI is InChI=1S/C6H11NO2.H2O/c1-7-4-2-3-5(7)6(8)9;/h5H,2-4H2,1H3,(H,8,9);1H2/t5-;/m1./s1. The van der Waals surface area contributed by atoms with E-state index in [1.54, 1.807) is 0 Å². The molecule has 1 atom stereocenters. The van der Waals surface area contributed by atoms with Crippen molar-refractivity contribution in [3.63, 3.8) is 0 Å². The molecule has 0 amide bonds. The fraction of sp³-hybridized carbons (Fsp3) is 0.833. The fourth-order valence-corrected chi connectivity index (χ4v) is 1.22. The van der Waals surface area contributed by atoms with Crippen LogP contribution < -0.4 is 0 Å². The second kappa shape index (κ2) is 3.53. The van der Waals surface area contributed by atoms with Crippen LogP contribution in [0.1, 0.15) is 12.8 Å². The first-order chi connectivity index (χ1) is 4.22. The molecule has 0 aromatic carbocycles. The number of likely N-dealkylation sites (tertiary alicyclic amines) is 1. The minimum atomic E-state index is -0.685. The molecule has 1 rings (SSSR count). The average molecular weight is 147 g/mol. The van der Waals surface area contributed by atoms with E-state index in [1.807, 2.05) is 11.9 Å². The molecule has 60 valence electrons. The predicted molar refractivity (Wildman–Crippen MR) is 36.9 cm³/mol. The summed E-state index contributed by atoms with van der Waals surface area (Å²) in [6.07, 6.45) is 1.83. The maximum atomic E-state index is 10.4. The van der Waals surface area contributed by atoms with E-state index in [4.69, 9.17) is 5.11 Å². The van der Waals surface area contributed by atoms with E-state index in [0.29, 0.717) is 0 Å². The van der Waals surface area contributed by atoms with Gasteiger partial charge in [-0.25, -0.2) is 0 Å². The van der Waals surface area contributed by atoms with Crippen molar-refractivity contribution < 1.29 is 15.4 Å². The molecule has 0 unspecified atom stereocenters. The molecular weight excluding hydrogens is 134 g/mol. The topological polar surface area (TPSA) is 72.0 Å². The van der Waals surface area contributed by atoms with Gasteiger partial charge in [-0.2, -0.15) is 0 Å². The Labute approximate surface area is 59.8 Å². The second-order valence-electron chi connectivity index (χ2n) is 2.48. The maximum absolute atomic E-state index is 10.4. The molecule has 4 heteroatoms. The summed E-state index contributed by atoms with van der Waals surface area (Å²) in [6, 6.07) is -0.218. The number of nitrogens with zero attached hydrogens (tertiary/aromatic N) is 1. The lowest BCUT2D eigenvalue weighted by molar-refractivity contribution is -0.141. The molecule has 1 fully saturated rings. The van der Waals surface area contributed by atoms with Crippen molar-refractivity contribution in [1.82, 2.24) is 4.90 Å². The highest BCUT2D eigenvalue weighted by Gasteiger charge is 2.26. The van der Waals surface area contributed by atoms with Crippen LogP contribution in [0.5, 0.6) is 0 Å². The van der Waals surface area contributed by atoms with E-state index < -0.39 is 5.97 Å². The van der Waals surface area contributed by atoms with Crippen molar-refractivity contribution in [2.24, 2.45) is 0 Å².